The van der Waals surface area contributed by atoms with Crippen molar-refractivity contribution in [2.75, 3.05) is 10.0 Å². The van der Waals surface area contributed by atoms with Crippen molar-refractivity contribution in [2.45, 2.75) is 42.9 Å². The van der Waals surface area contributed by atoms with Crippen molar-refractivity contribution in [1.29, 1.82) is 5.26 Å². The molecule has 2 aromatic heterocycles. The second-order valence-corrected chi connectivity index (χ2v) is 10.2. The van der Waals surface area contributed by atoms with E-state index in [2.05, 4.69) is 31.1 Å². The summed E-state index contributed by atoms with van der Waals surface area (Å²) in [7, 11) is -3.87. The number of carbonyl (C=O) groups is 1. The van der Waals surface area contributed by atoms with Gasteiger partial charge in [0.15, 0.2) is 0 Å². The Balaban J connectivity index is 1.69. The fourth-order valence-corrected chi connectivity index (χ4v) is 4.81. The minimum atomic E-state index is -3.87. The molecule has 1 atom stereocenters. The van der Waals surface area contributed by atoms with Crippen LogP contribution in [0.1, 0.15) is 29.3 Å². The molecule has 3 aromatic rings. The van der Waals surface area contributed by atoms with E-state index in [1.807, 2.05) is 20.8 Å². The number of nitriles is 1. The third-order valence-corrected chi connectivity index (χ3v) is 7.39. The first-order valence-electron chi connectivity index (χ1n) is 9.87. The first kappa shape index (κ1) is 24.2. The molecule has 170 valence electrons. The molecule has 33 heavy (non-hydrogen) atoms. The van der Waals surface area contributed by atoms with Gasteiger partial charge in [-0.05, 0) is 69.2 Å². The number of aromatic nitrogens is 3. The number of hydrogen-bond donors (Lipinski definition) is 2. The number of pyridine rings is 1. The Morgan fingerprint density at radius 2 is 1.73 bits per heavy atom. The highest BCUT2D eigenvalue weighted by molar-refractivity contribution is 8.00. The highest BCUT2D eigenvalue weighted by atomic mass is 32.2. The van der Waals surface area contributed by atoms with E-state index in [1.165, 1.54) is 48.4 Å². The molecule has 11 heteroatoms. The minimum absolute atomic E-state index is 0.00356. The third kappa shape index (κ3) is 5.66. The smallest absolute Gasteiger partial charge is 0.264 e. The van der Waals surface area contributed by atoms with Gasteiger partial charge in [-0.25, -0.2) is 28.1 Å². The fourth-order valence-electron chi connectivity index (χ4n) is 2.84. The number of rotatable bonds is 7. The van der Waals surface area contributed by atoms with Gasteiger partial charge in [-0.1, -0.05) is 11.8 Å². The molecule has 0 aliphatic heterocycles. The van der Waals surface area contributed by atoms with E-state index in [4.69, 9.17) is 0 Å². The van der Waals surface area contributed by atoms with Crippen molar-refractivity contribution in [3.63, 3.8) is 0 Å². The molecule has 0 saturated heterocycles. The molecule has 0 aliphatic rings. The molecule has 2 heterocycles. The highest BCUT2D eigenvalue weighted by Gasteiger charge is 2.21. The molecular weight excluding hydrogens is 460 g/mol. The van der Waals surface area contributed by atoms with Gasteiger partial charge in [-0.15, -0.1) is 0 Å². The Bertz CT molecular complexity index is 1320. The lowest BCUT2D eigenvalue weighted by atomic mass is 10.1. The SMILES string of the molecule is Cc1nc(SC(C)C(=O)Nc2ccc(S(=O)(=O)Nc3ncccn3)cc2)c(C#N)c(C)c1C. The summed E-state index contributed by atoms with van der Waals surface area (Å²) in [6, 6.07) is 9.49. The zero-order chi connectivity index (χ0) is 24.2. The number of anilines is 2. The van der Waals surface area contributed by atoms with E-state index in [9.17, 15) is 18.5 Å². The van der Waals surface area contributed by atoms with Crippen molar-refractivity contribution in [3.05, 3.63) is 65.1 Å². The third-order valence-electron chi connectivity index (χ3n) is 4.96. The lowest BCUT2D eigenvalue weighted by Crippen LogP contribution is -2.23. The van der Waals surface area contributed by atoms with E-state index < -0.39 is 15.3 Å². The maximum absolute atomic E-state index is 12.7. The summed E-state index contributed by atoms with van der Waals surface area (Å²) >= 11 is 1.20. The molecule has 0 fully saturated rings. The summed E-state index contributed by atoms with van der Waals surface area (Å²) in [5.74, 6) is -0.333. The number of benzene rings is 1. The number of carbonyl (C=O) groups excluding carboxylic acids is 1. The van der Waals surface area contributed by atoms with Crippen molar-refractivity contribution in [3.8, 4) is 6.07 Å². The molecule has 9 nitrogen and oxygen atoms in total. The fraction of sp³-hybridized carbons (Fsp3) is 0.227. The van der Waals surface area contributed by atoms with Crippen LogP contribution in [0.15, 0.2) is 52.6 Å². The van der Waals surface area contributed by atoms with Gasteiger partial charge in [0.2, 0.25) is 11.9 Å². The van der Waals surface area contributed by atoms with E-state index in [0.717, 1.165) is 16.8 Å². The van der Waals surface area contributed by atoms with Gasteiger partial charge in [0.25, 0.3) is 10.0 Å². The Hall–Kier alpha value is -3.49. The van der Waals surface area contributed by atoms with Crippen LogP contribution in [0, 0.1) is 32.1 Å². The zero-order valence-corrected chi connectivity index (χ0v) is 20.1. The topological polar surface area (TPSA) is 138 Å². The summed E-state index contributed by atoms with van der Waals surface area (Å²) < 4.78 is 27.2. The molecule has 0 aliphatic carbocycles. The lowest BCUT2D eigenvalue weighted by Gasteiger charge is -2.15. The molecule has 2 N–H and O–H groups in total. The van der Waals surface area contributed by atoms with Crippen LogP contribution in [0.2, 0.25) is 0 Å². The van der Waals surface area contributed by atoms with Crippen LogP contribution in [0.5, 0.6) is 0 Å². The first-order chi connectivity index (χ1) is 15.6. The van der Waals surface area contributed by atoms with Crippen LogP contribution in [-0.4, -0.2) is 34.5 Å². The second kappa shape index (κ2) is 9.97. The average Bonchev–Trinajstić information content (AvgIpc) is 2.78. The van der Waals surface area contributed by atoms with E-state index in [1.54, 1.807) is 13.0 Å². The number of aryl methyl sites for hydroxylation is 1. The van der Waals surface area contributed by atoms with Crippen molar-refractivity contribution >= 4 is 39.3 Å². The van der Waals surface area contributed by atoms with Crippen molar-refractivity contribution < 1.29 is 13.2 Å². The summed E-state index contributed by atoms with van der Waals surface area (Å²) in [4.78, 5) is 24.9. The molecule has 1 unspecified atom stereocenters. The van der Waals surface area contributed by atoms with Gasteiger partial charge in [0, 0.05) is 23.8 Å². The number of hydrogen-bond acceptors (Lipinski definition) is 8. The largest absolute Gasteiger partial charge is 0.325 e. The molecule has 1 amide bonds. The summed E-state index contributed by atoms with van der Waals surface area (Å²) in [6.07, 6.45) is 2.86. The number of nitrogens with zero attached hydrogens (tertiary/aromatic N) is 4. The van der Waals surface area contributed by atoms with Crippen LogP contribution >= 0.6 is 11.8 Å². The quantitative estimate of drug-likeness (QED) is 0.487. The van der Waals surface area contributed by atoms with Crippen LogP contribution in [-0.2, 0) is 14.8 Å². The summed E-state index contributed by atoms with van der Waals surface area (Å²) in [5.41, 5.74) is 3.52. The van der Waals surface area contributed by atoms with Crippen LogP contribution in [0.25, 0.3) is 0 Å². The molecular formula is C22H22N6O3S2. The molecule has 0 saturated carbocycles. The number of thioether (sulfide) groups is 1. The Kier molecular flexibility index (Phi) is 7.30. The number of nitrogens with one attached hydrogen (secondary N) is 2. The van der Waals surface area contributed by atoms with Gasteiger partial charge >= 0.3 is 0 Å². The molecule has 0 bridgehead atoms. The number of amides is 1. The van der Waals surface area contributed by atoms with Gasteiger partial charge in [0.1, 0.15) is 11.1 Å². The first-order valence-corrected chi connectivity index (χ1v) is 12.2. The van der Waals surface area contributed by atoms with Gasteiger partial charge in [-0.2, -0.15) is 5.26 Å². The van der Waals surface area contributed by atoms with Gasteiger partial charge < -0.3 is 5.32 Å². The monoisotopic (exact) mass is 482 g/mol. The minimum Gasteiger partial charge on any atom is -0.325 e. The Morgan fingerprint density at radius 1 is 1.09 bits per heavy atom. The highest BCUT2D eigenvalue weighted by Crippen LogP contribution is 2.30. The second-order valence-electron chi connectivity index (χ2n) is 7.19. The van der Waals surface area contributed by atoms with Gasteiger partial charge in [-0.3, -0.25) is 4.79 Å². The average molecular weight is 483 g/mol. The maximum Gasteiger partial charge on any atom is 0.264 e. The zero-order valence-electron chi connectivity index (χ0n) is 18.4. The predicted octanol–water partition coefficient (Wildman–Crippen LogP) is 3.59. The van der Waals surface area contributed by atoms with Crippen molar-refractivity contribution in [1.82, 2.24) is 15.0 Å². The molecule has 3 rings (SSSR count). The van der Waals surface area contributed by atoms with Crippen LogP contribution in [0.3, 0.4) is 0 Å². The van der Waals surface area contributed by atoms with E-state index in [-0.39, 0.29) is 16.8 Å². The van der Waals surface area contributed by atoms with Crippen LogP contribution < -0.4 is 10.0 Å². The Morgan fingerprint density at radius 3 is 2.33 bits per heavy atom. The maximum atomic E-state index is 12.7. The standard InChI is InChI=1S/C22H22N6O3S2/c1-13-14(2)19(12-23)21(26-15(13)3)32-16(4)20(29)27-17-6-8-18(9-7-17)33(30,31)28-22-24-10-5-11-25-22/h5-11,16H,1-4H3,(H,27,29)(H,24,25,28). The molecule has 1 aromatic carbocycles. The Labute approximate surface area is 196 Å². The predicted molar refractivity (Wildman–Crippen MR) is 126 cm³/mol. The summed E-state index contributed by atoms with van der Waals surface area (Å²) in [5, 5.41) is 12.3. The molecule has 0 radical (unpaired) electrons. The van der Waals surface area contributed by atoms with Gasteiger partial charge in [0.05, 0.1) is 15.7 Å². The number of sulfonamides is 1. The van der Waals surface area contributed by atoms with E-state index >= 15 is 0 Å². The lowest BCUT2D eigenvalue weighted by molar-refractivity contribution is -0.115. The molecule has 0 spiro atoms. The van der Waals surface area contributed by atoms with Crippen LogP contribution in [0.4, 0.5) is 11.6 Å². The normalized spacial score (nSPS) is 12.0. The van der Waals surface area contributed by atoms with Crippen molar-refractivity contribution in [2.24, 2.45) is 0 Å². The summed E-state index contributed by atoms with van der Waals surface area (Å²) in [6.45, 7) is 7.36. The van der Waals surface area contributed by atoms with E-state index in [0.29, 0.717) is 16.3 Å².